The number of hydrogen-bond acceptors (Lipinski definition) is 5. The van der Waals surface area contributed by atoms with Crippen LogP contribution >= 0.6 is 11.3 Å². The van der Waals surface area contributed by atoms with Gasteiger partial charge >= 0.3 is 0 Å². The minimum Gasteiger partial charge on any atom is -0.381 e. The van der Waals surface area contributed by atoms with E-state index in [-0.39, 0.29) is 0 Å². The van der Waals surface area contributed by atoms with Gasteiger partial charge in [-0.2, -0.15) is 0 Å². The fourth-order valence-electron chi connectivity index (χ4n) is 1.04. The van der Waals surface area contributed by atoms with Crippen molar-refractivity contribution in [1.82, 2.24) is 20.0 Å². The Morgan fingerprint density at radius 2 is 2.46 bits per heavy atom. The van der Waals surface area contributed by atoms with Gasteiger partial charge in [-0.25, -0.2) is 9.67 Å². The first-order chi connectivity index (χ1) is 6.24. The Hall–Kier alpha value is -1.43. The zero-order chi connectivity index (χ0) is 9.26. The highest BCUT2D eigenvalue weighted by atomic mass is 32.1. The van der Waals surface area contributed by atoms with E-state index in [4.69, 9.17) is 5.73 Å². The Labute approximate surface area is 79.2 Å². The molecule has 0 saturated carbocycles. The van der Waals surface area contributed by atoms with Crippen molar-refractivity contribution in [2.75, 3.05) is 5.73 Å². The second kappa shape index (κ2) is 3.14. The summed E-state index contributed by atoms with van der Waals surface area (Å²) in [6.07, 6.45) is 1.69. The molecule has 0 atom stereocenters. The molecule has 5 nitrogen and oxygen atoms in total. The van der Waals surface area contributed by atoms with Gasteiger partial charge in [0.2, 0.25) is 0 Å². The van der Waals surface area contributed by atoms with E-state index in [0.717, 1.165) is 10.7 Å². The molecule has 0 aromatic carbocycles. The van der Waals surface area contributed by atoms with Gasteiger partial charge in [0.05, 0.1) is 23.4 Å². The normalized spacial score (nSPS) is 10.5. The summed E-state index contributed by atoms with van der Waals surface area (Å²) >= 11 is 1.63. The lowest BCUT2D eigenvalue weighted by atomic mass is 10.5. The molecule has 2 rings (SSSR count). The molecule has 0 amide bonds. The number of hydrogen-bond donors (Lipinski definition) is 1. The molecule has 6 heteroatoms. The number of rotatable bonds is 2. The molecule has 0 saturated heterocycles. The van der Waals surface area contributed by atoms with Gasteiger partial charge in [-0.1, -0.05) is 5.21 Å². The average Bonchev–Trinajstić information content (AvgIpc) is 2.62. The molecule has 0 aliphatic rings. The number of aryl methyl sites for hydroxylation is 1. The van der Waals surface area contributed by atoms with Crippen molar-refractivity contribution in [2.24, 2.45) is 0 Å². The smallest absolute Gasteiger partial charge is 0.165 e. The largest absolute Gasteiger partial charge is 0.381 e. The van der Waals surface area contributed by atoms with Crippen molar-refractivity contribution in [1.29, 1.82) is 0 Å². The highest BCUT2D eigenvalue weighted by Gasteiger charge is 2.01. The van der Waals surface area contributed by atoms with Gasteiger partial charge in [-0.05, 0) is 6.92 Å². The summed E-state index contributed by atoms with van der Waals surface area (Å²) in [6.45, 7) is 2.61. The van der Waals surface area contributed by atoms with E-state index in [1.165, 1.54) is 0 Å². The third kappa shape index (κ3) is 1.83. The quantitative estimate of drug-likeness (QED) is 0.764. The van der Waals surface area contributed by atoms with Crippen molar-refractivity contribution in [3.05, 3.63) is 22.3 Å². The van der Waals surface area contributed by atoms with Crippen molar-refractivity contribution in [2.45, 2.75) is 13.5 Å². The predicted molar refractivity (Wildman–Crippen MR) is 50.4 cm³/mol. The minimum atomic E-state index is 0.437. The molecule has 68 valence electrons. The van der Waals surface area contributed by atoms with Crippen LogP contribution in [0.1, 0.15) is 10.7 Å². The number of thiazole rings is 1. The molecule has 0 bridgehead atoms. The average molecular weight is 195 g/mol. The molecule has 2 aromatic rings. The molecule has 0 spiro atoms. The fraction of sp³-hybridized carbons (Fsp3) is 0.286. The SMILES string of the molecule is Cc1nc(Cn2cc(N)nn2)cs1. The number of anilines is 1. The molecule has 2 heterocycles. The second-order valence-electron chi connectivity index (χ2n) is 2.70. The molecule has 0 aliphatic carbocycles. The summed E-state index contributed by atoms with van der Waals surface area (Å²) in [7, 11) is 0. The van der Waals surface area contributed by atoms with Gasteiger partial charge in [0.15, 0.2) is 5.82 Å². The van der Waals surface area contributed by atoms with Gasteiger partial charge in [0, 0.05) is 5.38 Å². The molecule has 13 heavy (non-hydrogen) atoms. The molecule has 0 fully saturated rings. The molecule has 2 N–H and O–H groups in total. The highest BCUT2D eigenvalue weighted by Crippen LogP contribution is 2.09. The third-order valence-electron chi connectivity index (χ3n) is 1.55. The fourth-order valence-corrected chi connectivity index (χ4v) is 1.64. The maximum atomic E-state index is 5.43. The van der Waals surface area contributed by atoms with E-state index in [0.29, 0.717) is 12.4 Å². The van der Waals surface area contributed by atoms with Crippen LogP contribution in [-0.2, 0) is 6.54 Å². The molecular formula is C7H9N5S. The number of nitrogens with zero attached hydrogens (tertiary/aromatic N) is 4. The van der Waals surface area contributed by atoms with E-state index in [1.807, 2.05) is 12.3 Å². The summed E-state index contributed by atoms with van der Waals surface area (Å²) in [4.78, 5) is 4.30. The Kier molecular flexibility index (Phi) is 1.97. The highest BCUT2D eigenvalue weighted by molar-refractivity contribution is 7.09. The van der Waals surface area contributed by atoms with Crippen molar-refractivity contribution in [3.63, 3.8) is 0 Å². The van der Waals surface area contributed by atoms with E-state index < -0.39 is 0 Å². The van der Waals surface area contributed by atoms with Crippen LogP contribution in [0.3, 0.4) is 0 Å². The molecule has 0 unspecified atom stereocenters. The Bertz CT molecular complexity index is 366. The van der Waals surface area contributed by atoms with Crippen LogP contribution in [0.15, 0.2) is 11.6 Å². The van der Waals surface area contributed by atoms with Crippen molar-refractivity contribution in [3.8, 4) is 0 Å². The molecular weight excluding hydrogens is 186 g/mol. The Morgan fingerprint density at radius 3 is 3.00 bits per heavy atom. The first-order valence-corrected chi connectivity index (χ1v) is 4.68. The van der Waals surface area contributed by atoms with Crippen LogP contribution in [0, 0.1) is 6.92 Å². The van der Waals surface area contributed by atoms with Crippen LogP contribution in [0.25, 0.3) is 0 Å². The number of nitrogen functional groups attached to an aromatic ring is 1. The minimum absolute atomic E-state index is 0.437. The van der Waals surface area contributed by atoms with Gasteiger partial charge in [-0.3, -0.25) is 0 Å². The summed E-state index contributed by atoms with van der Waals surface area (Å²) < 4.78 is 1.67. The standard InChI is InChI=1S/C7H9N5S/c1-5-9-6(4-13-5)2-12-3-7(8)10-11-12/h3-4H,2,8H2,1H3. The van der Waals surface area contributed by atoms with Gasteiger partial charge in [0.1, 0.15) is 0 Å². The van der Waals surface area contributed by atoms with Gasteiger partial charge in [-0.15, -0.1) is 16.4 Å². The zero-order valence-electron chi connectivity index (χ0n) is 7.14. The third-order valence-corrected chi connectivity index (χ3v) is 2.37. The van der Waals surface area contributed by atoms with Crippen molar-refractivity contribution < 1.29 is 0 Å². The molecule has 0 aliphatic heterocycles. The first kappa shape index (κ1) is 8.18. The van der Waals surface area contributed by atoms with Crippen LogP contribution < -0.4 is 5.73 Å². The lowest BCUT2D eigenvalue weighted by molar-refractivity contribution is 0.640. The summed E-state index contributed by atoms with van der Waals surface area (Å²) in [5, 5.41) is 10.6. The number of nitrogens with two attached hydrogens (primary N) is 1. The Balaban J connectivity index is 2.14. The monoisotopic (exact) mass is 195 g/mol. The van der Waals surface area contributed by atoms with E-state index in [9.17, 15) is 0 Å². The second-order valence-corrected chi connectivity index (χ2v) is 3.76. The lowest BCUT2D eigenvalue weighted by Gasteiger charge is -1.93. The van der Waals surface area contributed by atoms with Gasteiger partial charge < -0.3 is 5.73 Å². The van der Waals surface area contributed by atoms with E-state index >= 15 is 0 Å². The van der Waals surface area contributed by atoms with Crippen LogP contribution in [0.4, 0.5) is 5.82 Å². The summed E-state index contributed by atoms with van der Waals surface area (Å²) in [5.74, 6) is 0.437. The van der Waals surface area contributed by atoms with Gasteiger partial charge in [0.25, 0.3) is 0 Å². The molecule has 2 aromatic heterocycles. The van der Waals surface area contributed by atoms with Crippen molar-refractivity contribution >= 4 is 17.2 Å². The topological polar surface area (TPSA) is 69.6 Å². The predicted octanol–water partition coefficient (Wildman–Crippen LogP) is 0.674. The van der Waals surface area contributed by atoms with Crippen LogP contribution in [0.5, 0.6) is 0 Å². The molecule has 0 radical (unpaired) electrons. The summed E-state index contributed by atoms with van der Waals surface area (Å²) in [6, 6.07) is 0. The summed E-state index contributed by atoms with van der Waals surface area (Å²) in [5.41, 5.74) is 6.42. The number of aromatic nitrogens is 4. The van der Waals surface area contributed by atoms with E-state index in [1.54, 1.807) is 22.2 Å². The van der Waals surface area contributed by atoms with E-state index in [2.05, 4.69) is 15.3 Å². The lowest BCUT2D eigenvalue weighted by Crippen LogP contribution is -2.00. The Morgan fingerprint density at radius 1 is 1.62 bits per heavy atom. The zero-order valence-corrected chi connectivity index (χ0v) is 7.95. The first-order valence-electron chi connectivity index (χ1n) is 3.80. The maximum Gasteiger partial charge on any atom is 0.165 e. The maximum absolute atomic E-state index is 5.43. The van der Waals surface area contributed by atoms with Crippen LogP contribution in [0.2, 0.25) is 0 Å². The van der Waals surface area contributed by atoms with Crippen LogP contribution in [-0.4, -0.2) is 20.0 Å².